The number of urea groups is 1. The van der Waals surface area contributed by atoms with Crippen LogP contribution in [0.1, 0.15) is 16.7 Å². The van der Waals surface area contributed by atoms with E-state index < -0.39 is 0 Å². The standard InChI is InChI=1S/C18H21FN2O2/c1-12-5-4-6-13(2)17(12)23-10-9-20-18(22)21-15-7-8-16(19)14(3)11-15/h4-8,11H,9-10H2,1-3H3,(H2,20,21,22). The van der Waals surface area contributed by atoms with E-state index in [0.29, 0.717) is 24.4 Å². The molecule has 0 bridgehead atoms. The summed E-state index contributed by atoms with van der Waals surface area (Å²) in [6.45, 7) is 6.37. The topological polar surface area (TPSA) is 50.4 Å². The molecule has 2 aromatic carbocycles. The number of halogens is 1. The van der Waals surface area contributed by atoms with Crippen molar-refractivity contribution in [3.8, 4) is 5.75 Å². The number of rotatable bonds is 5. The predicted octanol–water partition coefficient (Wildman–Crippen LogP) is 3.95. The molecule has 0 aromatic heterocycles. The quantitative estimate of drug-likeness (QED) is 0.821. The molecule has 122 valence electrons. The van der Waals surface area contributed by atoms with E-state index in [0.717, 1.165) is 16.9 Å². The first-order valence-electron chi connectivity index (χ1n) is 7.47. The van der Waals surface area contributed by atoms with E-state index in [1.54, 1.807) is 13.0 Å². The first-order chi connectivity index (χ1) is 11.0. The molecular weight excluding hydrogens is 295 g/mol. The summed E-state index contributed by atoms with van der Waals surface area (Å²) >= 11 is 0. The number of amides is 2. The molecule has 0 saturated carbocycles. The van der Waals surface area contributed by atoms with Gasteiger partial charge < -0.3 is 15.4 Å². The van der Waals surface area contributed by atoms with Crippen LogP contribution in [0.3, 0.4) is 0 Å². The zero-order valence-electron chi connectivity index (χ0n) is 13.6. The average Bonchev–Trinajstić information content (AvgIpc) is 2.50. The van der Waals surface area contributed by atoms with Crippen LogP contribution < -0.4 is 15.4 Å². The maximum absolute atomic E-state index is 13.2. The number of carbonyl (C=O) groups is 1. The lowest BCUT2D eigenvalue weighted by Crippen LogP contribution is -2.32. The predicted molar refractivity (Wildman–Crippen MR) is 89.6 cm³/mol. The molecule has 2 amide bonds. The monoisotopic (exact) mass is 316 g/mol. The minimum absolute atomic E-state index is 0.294. The lowest BCUT2D eigenvalue weighted by molar-refractivity contribution is 0.247. The van der Waals surface area contributed by atoms with Gasteiger partial charge in [-0.3, -0.25) is 0 Å². The van der Waals surface area contributed by atoms with Gasteiger partial charge in [-0.2, -0.15) is 0 Å². The van der Waals surface area contributed by atoms with Gasteiger partial charge in [-0.25, -0.2) is 9.18 Å². The Bertz CT molecular complexity index is 681. The van der Waals surface area contributed by atoms with Crippen LogP contribution in [-0.2, 0) is 0 Å². The lowest BCUT2D eigenvalue weighted by Gasteiger charge is -2.13. The number of hydrogen-bond acceptors (Lipinski definition) is 2. The summed E-state index contributed by atoms with van der Waals surface area (Å²) in [4.78, 5) is 11.8. The van der Waals surface area contributed by atoms with E-state index >= 15 is 0 Å². The molecule has 0 aliphatic rings. The highest BCUT2D eigenvalue weighted by Gasteiger charge is 2.05. The molecule has 2 aromatic rings. The van der Waals surface area contributed by atoms with E-state index in [1.807, 2.05) is 32.0 Å². The molecular formula is C18H21FN2O2. The number of anilines is 1. The first-order valence-corrected chi connectivity index (χ1v) is 7.47. The van der Waals surface area contributed by atoms with Gasteiger partial charge in [0, 0.05) is 5.69 Å². The van der Waals surface area contributed by atoms with Gasteiger partial charge >= 0.3 is 6.03 Å². The Morgan fingerprint density at radius 3 is 2.43 bits per heavy atom. The number of carbonyl (C=O) groups excluding carboxylic acids is 1. The molecule has 2 rings (SSSR count). The SMILES string of the molecule is Cc1cc(NC(=O)NCCOc2c(C)cccc2C)ccc1F. The highest BCUT2D eigenvalue weighted by Crippen LogP contribution is 2.21. The molecule has 2 N–H and O–H groups in total. The van der Waals surface area contributed by atoms with E-state index in [4.69, 9.17) is 4.74 Å². The van der Waals surface area contributed by atoms with E-state index in [-0.39, 0.29) is 11.8 Å². The Morgan fingerprint density at radius 1 is 1.09 bits per heavy atom. The number of ether oxygens (including phenoxy) is 1. The summed E-state index contributed by atoms with van der Waals surface area (Å²) in [6, 6.07) is 10.0. The van der Waals surface area contributed by atoms with Crippen LogP contribution in [0.15, 0.2) is 36.4 Å². The lowest BCUT2D eigenvalue weighted by atomic mass is 10.1. The van der Waals surface area contributed by atoms with Gasteiger partial charge in [0.05, 0.1) is 6.54 Å². The smallest absolute Gasteiger partial charge is 0.319 e. The van der Waals surface area contributed by atoms with Crippen molar-refractivity contribution in [3.63, 3.8) is 0 Å². The maximum Gasteiger partial charge on any atom is 0.319 e. The molecule has 23 heavy (non-hydrogen) atoms. The van der Waals surface area contributed by atoms with Crippen LogP contribution in [0, 0.1) is 26.6 Å². The highest BCUT2D eigenvalue weighted by molar-refractivity contribution is 5.89. The Balaban J connectivity index is 1.78. The van der Waals surface area contributed by atoms with Crippen molar-refractivity contribution < 1.29 is 13.9 Å². The summed E-state index contributed by atoms with van der Waals surface area (Å²) in [6.07, 6.45) is 0. The second kappa shape index (κ2) is 7.63. The fourth-order valence-electron chi connectivity index (χ4n) is 2.24. The Hall–Kier alpha value is -2.56. The average molecular weight is 316 g/mol. The van der Waals surface area contributed by atoms with Crippen LogP contribution in [0.5, 0.6) is 5.75 Å². The number of nitrogens with one attached hydrogen (secondary N) is 2. The largest absolute Gasteiger partial charge is 0.491 e. The van der Waals surface area contributed by atoms with Crippen LogP contribution >= 0.6 is 0 Å². The Morgan fingerprint density at radius 2 is 1.78 bits per heavy atom. The normalized spacial score (nSPS) is 10.3. The van der Waals surface area contributed by atoms with Gasteiger partial charge in [0.25, 0.3) is 0 Å². The summed E-state index contributed by atoms with van der Waals surface area (Å²) < 4.78 is 18.9. The van der Waals surface area contributed by atoms with Crippen LogP contribution in [0.2, 0.25) is 0 Å². The third kappa shape index (κ3) is 4.71. The van der Waals surface area contributed by atoms with Gasteiger partial charge in [0.2, 0.25) is 0 Å². The number of aryl methyl sites for hydroxylation is 3. The molecule has 0 aliphatic carbocycles. The van der Waals surface area contributed by atoms with Crippen molar-refractivity contribution in [3.05, 3.63) is 58.9 Å². The number of hydrogen-bond donors (Lipinski definition) is 2. The summed E-state index contributed by atoms with van der Waals surface area (Å²) in [5.74, 6) is 0.557. The van der Waals surface area contributed by atoms with Crippen molar-refractivity contribution >= 4 is 11.7 Å². The summed E-state index contributed by atoms with van der Waals surface area (Å²) in [5, 5.41) is 5.36. The van der Waals surface area contributed by atoms with Crippen molar-refractivity contribution in [1.82, 2.24) is 5.32 Å². The van der Waals surface area contributed by atoms with E-state index in [2.05, 4.69) is 10.6 Å². The van der Waals surface area contributed by atoms with Crippen molar-refractivity contribution in [2.45, 2.75) is 20.8 Å². The van der Waals surface area contributed by atoms with Crippen molar-refractivity contribution in [1.29, 1.82) is 0 Å². The van der Waals surface area contributed by atoms with E-state index in [1.165, 1.54) is 12.1 Å². The third-order valence-electron chi connectivity index (χ3n) is 3.46. The van der Waals surface area contributed by atoms with Gasteiger partial charge in [0.1, 0.15) is 18.2 Å². The zero-order chi connectivity index (χ0) is 16.8. The minimum atomic E-state index is -0.346. The molecule has 0 unspecified atom stereocenters. The fraction of sp³-hybridized carbons (Fsp3) is 0.278. The fourth-order valence-corrected chi connectivity index (χ4v) is 2.24. The molecule has 0 saturated heterocycles. The Labute approximate surface area is 135 Å². The number of para-hydroxylation sites is 1. The zero-order valence-corrected chi connectivity index (χ0v) is 13.6. The molecule has 0 heterocycles. The molecule has 0 fully saturated rings. The second-order valence-corrected chi connectivity index (χ2v) is 5.41. The molecule has 5 heteroatoms. The van der Waals surface area contributed by atoms with Crippen LogP contribution in [0.4, 0.5) is 14.9 Å². The maximum atomic E-state index is 13.2. The Kier molecular flexibility index (Phi) is 5.57. The third-order valence-corrected chi connectivity index (χ3v) is 3.46. The summed E-state index contributed by atoms with van der Waals surface area (Å²) in [7, 11) is 0. The van der Waals surface area contributed by atoms with Gasteiger partial charge in [0.15, 0.2) is 0 Å². The van der Waals surface area contributed by atoms with Gasteiger partial charge in [-0.05, 0) is 55.7 Å². The number of benzene rings is 2. The molecule has 4 nitrogen and oxygen atoms in total. The first kappa shape index (κ1) is 16.8. The van der Waals surface area contributed by atoms with E-state index in [9.17, 15) is 9.18 Å². The van der Waals surface area contributed by atoms with Crippen molar-refractivity contribution in [2.75, 3.05) is 18.5 Å². The molecule has 0 atom stereocenters. The minimum Gasteiger partial charge on any atom is -0.491 e. The molecule has 0 spiro atoms. The molecule has 0 aliphatic heterocycles. The molecule has 0 radical (unpaired) electrons. The second-order valence-electron chi connectivity index (χ2n) is 5.41. The highest BCUT2D eigenvalue weighted by atomic mass is 19.1. The van der Waals surface area contributed by atoms with Crippen molar-refractivity contribution in [2.24, 2.45) is 0 Å². The van der Waals surface area contributed by atoms with Gasteiger partial charge in [-0.1, -0.05) is 18.2 Å². The van der Waals surface area contributed by atoms with Gasteiger partial charge in [-0.15, -0.1) is 0 Å². The van der Waals surface area contributed by atoms with Crippen LogP contribution in [-0.4, -0.2) is 19.2 Å². The summed E-state index contributed by atoms with van der Waals surface area (Å²) in [5.41, 5.74) is 3.17. The van der Waals surface area contributed by atoms with Crippen LogP contribution in [0.25, 0.3) is 0 Å².